The highest BCUT2D eigenvalue weighted by molar-refractivity contribution is 5.53. The van der Waals surface area contributed by atoms with E-state index < -0.39 is 17.3 Å². The van der Waals surface area contributed by atoms with Crippen molar-refractivity contribution in [2.75, 3.05) is 5.32 Å². The molecule has 1 aromatic carbocycles. The fourth-order valence-electron chi connectivity index (χ4n) is 2.35. The van der Waals surface area contributed by atoms with E-state index in [0.29, 0.717) is 5.82 Å². The van der Waals surface area contributed by atoms with Crippen molar-refractivity contribution >= 4 is 5.69 Å². The lowest BCUT2D eigenvalue weighted by Gasteiger charge is -2.13. The third-order valence-electron chi connectivity index (χ3n) is 3.52. The molecular formula is C17H12F3N5. The van der Waals surface area contributed by atoms with Crippen molar-refractivity contribution in [2.24, 2.45) is 0 Å². The molecule has 0 aliphatic heterocycles. The smallest absolute Gasteiger partial charge is 0.381 e. The number of hydrogen-bond donors (Lipinski definition) is 1. The Morgan fingerprint density at radius 2 is 2.00 bits per heavy atom. The lowest BCUT2D eigenvalue weighted by Crippen LogP contribution is -2.10. The summed E-state index contributed by atoms with van der Waals surface area (Å²) >= 11 is 0. The standard InChI is InChI=1S/C17H12F3N5/c18-17(19,20)15-9-14(5-4-12(15)10-21)23-11-13-3-1-6-22-16(13)25-8-2-7-24-25/h1-9,23H,11H2. The molecule has 2 heterocycles. The highest BCUT2D eigenvalue weighted by Crippen LogP contribution is 2.33. The summed E-state index contributed by atoms with van der Waals surface area (Å²) < 4.78 is 40.7. The van der Waals surface area contributed by atoms with Gasteiger partial charge in [0.2, 0.25) is 0 Å². The van der Waals surface area contributed by atoms with Gasteiger partial charge in [-0.2, -0.15) is 23.5 Å². The van der Waals surface area contributed by atoms with E-state index in [1.807, 2.05) is 6.07 Å². The first kappa shape index (κ1) is 16.5. The minimum absolute atomic E-state index is 0.256. The fraction of sp³-hybridized carbons (Fsp3) is 0.118. The van der Waals surface area contributed by atoms with Gasteiger partial charge in [-0.05, 0) is 30.3 Å². The topological polar surface area (TPSA) is 66.5 Å². The largest absolute Gasteiger partial charge is 0.417 e. The first-order chi connectivity index (χ1) is 12.0. The van der Waals surface area contributed by atoms with Crippen molar-refractivity contribution in [1.82, 2.24) is 14.8 Å². The zero-order valence-corrected chi connectivity index (χ0v) is 12.8. The van der Waals surface area contributed by atoms with Crippen molar-refractivity contribution < 1.29 is 13.2 Å². The number of nitrogens with one attached hydrogen (secondary N) is 1. The number of aromatic nitrogens is 3. The average molecular weight is 343 g/mol. The zero-order chi connectivity index (χ0) is 17.9. The fourth-order valence-corrected chi connectivity index (χ4v) is 2.35. The molecule has 0 saturated carbocycles. The van der Waals surface area contributed by atoms with Gasteiger partial charge >= 0.3 is 6.18 Å². The molecule has 0 amide bonds. The van der Waals surface area contributed by atoms with E-state index in [9.17, 15) is 13.2 Å². The molecule has 0 aliphatic rings. The van der Waals surface area contributed by atoms with Crippen LogP contribution < -0.4 is 5.32 Å². The van der Waals surface area contributed by atoms with Crippen molar-refractivity contribution in [1.29, 1.82) is 5.26 Å². The third-order valence-corrected chi connectivity index (χ3v) is 3.52. The molecule has 0 bridgehead atoms. The number of halogens is 3. The summed E-state index contributed by atoms with van der Waals surface area (Å²) in [6, 6.07) is 10.4. The maximum absolute atomic E-state index is 13.0. The SMILES string of the molecule is N#Cc1ccc(NCc2cccnc2-n2cccn2)cc1C(F)(F)F. The Morgan fingerprint density at radius 3 is 2.68 bits per heavy atom. The average Bonchev–Trinajstić information content (AvgIpc) is 3.13. The van der Waals surface area contributed by atoms with E-state index in [4.69, 9.17) is 5.26 Å². The Kier molecular flexibility index (Phi) is 4.39. The summed E-state index contributed by atoms with van der Waals surface area (Å²) in [6.45, 7) is 0.256. The molecule has 3 aromatic rings. The second-order valence-electron chi connectivity index (χ2n) is 5.16. The number of alkyl halides is 3. The second kappa shape index (κ2) is 6.65. The molecule has 0 radical (unpaired) electrons. The van der Waals surface area contributed by atoms with Crippen molar-refractivity contribution in [3.05, 3.63) is 71.7 Å². The third kappa shape index (κ3) is 3.61. The Labute approximate surface area is 141 Å². The highest BCUT2D eigenvalue weighted by Gasteiger charge is 2.33. The summed E-state index contributed by atoms with van der Waals surface area (Å²) in [5, 5.41) is 15.9. The summed E-state index contributed by atoms with van der Waals surface area (Å²) in [5.74, 6) is 0.588. The maximum atomic E-state index is 13.0. The molecule has 0 fully saturated rings. The molecule has 5 nitrogen and oxygen atoms in total. The molecule has 0 spiro atoms. The summed E-state index contributed by atoms with van der Waals surface area (Å²) in [5.41, 5.74) is -0.333. The Bertz CT molecular complexity index is 911. The van der Waals surface area contributed by atoms with Crippen LogP contribution in [-0.2, 0) is 12.7 Å². The number of rotatable bonds is 4. The van der Waals surface area contributed by atoms with Gasteiger partial charge in [-0.3, -0.25) is 0 Å². The minimum atomic E-state index is -4.59. The van der Waals surface area contributed by atoms with Crippen LogP contribution in [0.2, 0.25) is 0 Å². The van der Waals surface area contributed by atoms with E-state index in [0.717, 1.165) is 17.7 Å². The van der Waals surface area contributed by atoms with Crippen molar-refractivity contribution in [3.63, 3.8) is 0 Å². The zero-order valence-electron chi connectivity index (χ0n) is 12.8. The summed E-state index contributed by atoms with van der Waals surface area (Å²) in [7, 11) is 0. The Hall–Kier alpha value is -3.34. The molecule has 0 atom stereocenters. The second-order valence-corrected chi connectivity index (χ2v) is 5.16. The molecule has 0 saturated heterocycles. The van der Waals surface area contributed by atoms with Crippen LogP contribution in [0.5, 0.6) is 0 Å². The van der Waals surface area contributed by atoms with Crippen LogP contribution in [0.4, 0.5) is 18.9 Å². The lowest BCUT2D eigenvalue weighted by molar-refractivity contribution is -0.137. The molecule has 8 heteroatoms. The molecule has 126 valence electrons. The van der Waals surface area contributed by atoms with E-state index in [1.165, 1.54) is 6.07 Å². The van der Waals surface area contributed by atoms with Gasteiger partial charge in [-0.15, -0.1) is 0 Å². The van der Waals surface area contributed by atoms with Crippen LogP contribution in [0.25, 0.3) is 5.82 Å². The predicted octanol–water partition coefficient (Wildman–Crippen LogP) is 3.77. The number of nitriles is 1. The van der Waals surface area contributed by atoms with E-state index in [1.54, 1.807) is 41.5 Å². The molecule has 2 aromatic heterocycles. The van der Waals surface area contributed by atoms with E-state index in [2.05, 4.69) is 15.4 Å². The predicted molar refractivity (Wildman–Crippen MR) is 84.8 cm³/mol. The van der Waals surface area contributed by atoms with Crippen LogP contribution in [0.3, 0.4) is 0 Å². The summed E-state index contributed by atoms with van der Waals surface area (Å²) in [4.78, 5) is 4.26. The van der Waals surface area contributed by atoms with Gasteiger partial charge in [-0.1, -0.05) is 6.07 Å². The van der Waals surface area contributed by atoms with Gasteiger partial charge < -0.3 is 5.32 Å². The van der Waals surface area contributed by atoms with Crippen LogP contribution >= 0.6 is 0 Å². The first-order valence-electron chi connectivity index (χ1n) is 7.28. The van der Waals surface area contributed by atoms with Crippen LogP contribution in [0.1, 0.15) is 16.7 Å². The van der Waals surface area contributed by atoms with Crippen molar-refractivity contribution in [2.45, 2.75) is 12.7 Å². The van der Waals surface area contributed by atoms with Crippen LogP contribution in [0.15, 0.2) is 55.0 Å². The van der Waals surface area contributed by atoms with E-state index >= 15 is 0 Å². The van der Waals surface area contributed by atoms with E-state index in [-0.39, 0.29) is 12.2 Å². The van der Waals surface area contributed by atoms with Gasteiger partial charge in [0.05, 0.1) is 17.2 Å². The van der Waals surface area contributed by atoms with Crippen LogP contribution in [-0.4, -0.2) is 14.8 Å². The number of hydrogen-bond acceptors (Lipinski definition) is 4. The summed E-state index contributed by atoms with van der Waals surface area (Å²) in [6.07, 6.45) is 0.374. The number of anilines is 1. The monoisotopic (exact) mass is 343 g/mol. The highest BCUT2D eigenvalue weighted by atomic mass is 19.4. The normalized spacial score (nSPS) is 11.1. The van der Waals surface area contributed by atoms with Gasteiger partial charge in [0, 0.05) is 36.4 Å². The maximum Gasteiger partial charge on any atom is 0.417 e. The van der Waals surface area contributed by atoms with Gasteiger partial charge in [-0.25, -0.2) is 9.67 Å². The van der Waals surface area contributed by atoms with Crippen LogP contribution in [0, 0.1) is 11.3 Å². The molecule has 0 unspecified atom stereocenters. The molecule has 1 N–H and O–H groups in total. The number of pyridine rings is 1. The molecule has 25 heavy (non-hydrogen) atoms. The van der Waals surface area contributed by atoms with Gasteiger partial charge in [0.1, 0.15) is 0 Å². The number of benzene rings is 1. The quantitative estimate of drug-likeness (QED) is 0.783. The van der Waals surface area contributed by atoms with Gasteiger partial charge in [0.15, 0.2) is 5.82 Å². The minimum Gasteiger partial charge on any atom is -0.381 e. The number of nitrogens with zero attached hydrogens (tertiary/aromatic N) is 4. The lowest BCUT2D eigenvalue weighted by atomic mass is 10.1. The Balaban J connectivity index is 1.85. The molecule has 3 rings (SSSR count). The van der Waals surface area contributed by atoms with Gasteiger partial charge in [0.25, 0.3) is 0 Å². The molecule has 0 aliphatic carbocycles. The Morgan fingerprint density at radius 1 is 1.16 bits per heavy atom. The first-order valence-corrected chi connectivity index (χ1v) is 7.28. The van der Waals surface area contributed by atoms with Crippen molar-refractivity contribution in [3.8, 4) is 11.9 Å². The molecular weight excluding hydrogens is 331 g/mol.